The molecule has 194 valence electrons. The lowest BCUT2D eigenvalue weighted by Crippen LogP contribution is -2.21. The van der Waals surface area contributed by atoms with Gasteiger partial charge in [0.1, 0.15) is 5.75 Å². The Kier molecular flexibility index (Phi) is 8.14. The summed E-state index contributed by atoms with van der Waals surface area (Å²) < 4.78 is 33.6. The molecular weight excluding hydrogens is 524 g/mol. The van der Waals surface area contributed by atoms with Crippen molar-refractivity contribution in [3.8, 4) is 5.75 Å². The third kappa shape index (κ3) is 6.79. The maximum Gasteiger partial charge on any atom is 0.262 e. The molecule has 0 fully saturated rings. The van der Waals surface area contributed by atoms with E-state index in [2.05, 4.69) is 10.0 Å². The van der Waals surface area contributed by atoms with E-state index < -0.39 is 15.9 Å². The summed E-state index contributed by atoms with van der Waals surface area (Å²) in [5.74, 6) is -0.472. The third-order valence-corrected chi connectivity index (χ3v) is 7.15. The predicted octanol–water partition coefficient (Wildman–Crippen LogP) is 6.01. The molecule has 38 heavy (non-hydrogen) atoms. The molecule has 0 unspecified atom stereocenters. The number of hydrogen-bond donors (Lipinski definition) is 2. The highest BCUT2D eigenvalue weighted by Crippen LogP contribution is 2.24. The number of carbonyl (C=O) groups is 2. The molecule has 4 aromatic carbocycles. The van der Waals surface area contributed by atoms with Gasteiger partial charge in [-0.2, -0.15) is 0 Å². The van der Waals surface area contributed by atoms with Crippen LogP contribution >= 0.6 is 11.6 Å². The first kappa shape index (κ1) is 26.9. The van der Waals surface area contributed by atoms with Gasteiger partial charge in [-0.05, 0) is 79.6 Å². The Balaban J connectivity index is 1.40. The average Bonchev–Trinajstić information content (AvgIpc) is 2.88. The van der Waals surface area contributed by atoms with Gasteiger partial charge in [-0.25, -0.2) is 8.42 Å². The summed E-state index contributed by atoms with van der Waals surface area (Å²) in [4.78, 5) is 25.6. The number of ketones is 1. The average molecular weight is 549 g/mol. The first-order valence-electron chi connectivity index (χ1n) is 11.6. The molecule has 9 heteroatoms. The number of anilines is 2. The van der Waals surface area contributed by atoms with E-state index in [0.29, 0.717) is 27.7 Å². The number of benzene rings is 4. The van der Waals surface area contributed by atoms with Crippen LogP contribution in [0, 0.1) is 13.8 Å². The normalized spacial score (nSPS) is 11.0. The van der Waals surface area contributed by atoms with E-state index in [0.717, 1.165) is 11.1 Å². The van der Waals surface area contributed by atoms with E-state index in [1.165, 1.54) is 30.3 Å². The quantitative estimate of drug-likeness (QED) is 0.250. The zero-order valence-corrected chi connectivity index (χ0v) is 22.3. The summed E-state index contributed by atoms with van der Waals surface area (Å²) in [6.45, 7) is 3.43. The van der Waals surface area contributed by atoms with Crippen molar-refractivity contribution in [2.24, 2.45) is 0 Å². The van der Waals surface area contributed by atoms with Crippen LogP contribution in [0.2, 0.25) is 5.02 Å². The maximum atomic E-state index is 12.9. The van der Waals surface area contributed by atoms with E-state index in [4.69, 9.17) is 16.3 Å². The molecule has 1 amide bonds. The Hall–Kier alpha value is -4.14. The van der Waals surface area contributed by atoms with E-state index >= 15 is 0 Å². The molecule has 0 spiro atoms. The van der Waals surface area contributed by atoms with Crippen LogP contribution in [0.4, 0.5) is 11.4 Å². The second-order valence-electron chi connectivity index (χ2n) is 8.68. The largest absolute Gasteiger partial charge is 0.484 e. The Labute approximate surface area is 226 Å². The van der Waals surface area contributed by atoms with Gasteiger partial charge in [-0.1, -0.05) is 48.0 Å². The van der Waals surface area contributed by atoms with Crippen LogP contribution in [-0.2, 0) is 14.8 Å². The lowest BCUT2D eigenvalue weighted by atomic mass is 10.0. The number of sulfonamides is 1. The predicted molar refractivity (Wildman–Crippen MR) is 149 cm³/mol. The van der Waals surface area contributed by atoms with Crippen molar-refractivity contribution in [3.63, 3.8) is 0 Å². The Morgan fingerprint density at radius 2 is 1.50 bits per heavy atom. The number of ether oxygens (including phenoxy) is 1. The highest BCUT2D eigenvalue weighted by Gasteiger charge is 2.17. The van der Waals surface area contributed by atoms with E-state index in [1.807, 2.05) is 19.9 Å². The molecule has 0 aromatic heterocycles. The summed E-state index contributed by atoms with van der Waals surface area (Å²) in [5.41, 5.74) is 3.38. The second-order valence-corrected chi connectivity index (χ2v) is 10.8. The van der Waals surface area contributed by atoms with Crippen LogP contribution in [-0.4, -0.2) is 26.7 Å². The van der Waals surface area contributed by atoms with Crippen molar-refractivity contribution < 1.29 is 22.7 Å². The molecule has 0 atom stereocenters. The molecule has 0 aliphatic carbocycles. The monoisotopic (exact) mass is 548 g/mol. The van der Waals surface area contributed by atoms with E-state index in [9.17, 15) is 18.0 Å². The molecule has 0 aliphatic heterocycles. The fraction of sp³-hybridized carbons (Fsp3) is 0.103. The first-order valence-corrected chi connectivity index (χ1v) is 13.5. The van der Waals surface area contributed by atoms with Gasteiger partial charge in [0.25, 0.3) is 15.9 Å². The molecule has 2 N–H and O–H groups in total. The number of aryl methyl sites for hydroxylation is 2. The number of rotatable bonds is 9. The van der Waals surface area contributed by atoms with Crippen LogP contribution in [0.3, 0.4) is 0 Å². The fourth-order valence-corrected chi connectivity index (χ4v) is 5.07. The Bertz CT molecular complexity index is 1570. The molecule has 0 saturated carbocycles. The molecular formula is C29H25ClN2O5S. The van der Waals surface area contributed by atoms with Gasteiger partial charge in [-0.3, -0.25) is 14.3 Å². The van der Waals surface area contributed by atoms with Crippen molar-refractivity contribution in [1.82, 2.24) is 0 Å². The molecule has 7 nitrogen and oxygen atoms in total. The molecule has 0 heterocycles. The highest BCUT2D eigenvalue weighted by molar-refractivity contribution is 7.92. The number of halogens is 1. The Morgan fingerprint density at radius 3 is 2.16 bits per heavy atom. The van der Waals surface area contributed by atoms with E-state index in [-0.39, 0.29) is 22.8 Å². The van der Waals surface area contributed by atoms with E-state index in [1.54, 1.807) is 54.6 Å². The minimum absolute atomic E-state index is 0.0543. The molecule has 4 rings (SSSR count). The van der Waals surface area contributed by atoms with Gasteiger partial charge in [0.2, 0.25) is 0 Å². The van der Waals surface area contributed by atoms with Gasteiger partial charge in [-0.15, -0.1) is 0 Å². The van der Waals surface area contributed by atoms with Crippen LogP contribution in [0.1, 0.15) is 27.0 Å². The van der Waals surface area contributed by atoms with Crippen molar-refractivity contribution in [3.05, 3.63) is 118 Å². The molecule has 0 bridgehead atoms. The smallest absolute Gasteiger partial charge is 0.262 e. The van der Waals surface area contributed by atoms with Crippen molar-refractivity contribution in [1.29, 1.82) is 0 Å². The maximum absolute atomic E-state index is 12.9. The van der Waals surface area contributed by atoms with Crippen LogP contribution in [0.15, 0.2) is 95.9 Å². The van der Waals surface area contributed by atoms with Crippen molar-refractivity contribution >= 4 is 44.7 Å². The number of amides is 1. The SMILES string of the molecule is Cc1cc(C)cc(NS(=O)(=O)c2ccc(OCC(=O)Nc3ccc(Cl)cc3C(=O)c3ccccc3)cc2)c1. The number of hydrogen-bond acceptors (Lipinski definition) is 5. The van der Waals surface area contributed by atoms with Crippen molar-refractivity contribution in [2.45, 2.75) is 18.7 Å². The fourth-order valence-electron chi connectivity index (χ4n) is 3.86. The summed E-state index contributed by atoms with van der Waals surface area (Å²) >= 11 is 6.09. The van der Waals surface area contributed by atoms with Gasteiger partial charge < -0.3 is 10.1 Å². The summed E-state index contributed by atoms with van der Waals surface area (Å²) in [6.07, 6.45) is 0. The minimum Gasteiger partial charge on any atom is -0.484 e. The topological polar surface area (TPSA) is 102 Å². The second kappa shape index (κ2) is 11.5. The lowest BCUT2D eigenvalue weighted by molar-refractivity contribution is -0.118. The van der Waals surface area contributed by atoms with Gasteiger partial charge in [0.15, 0.2) is 12.4 Å². The van der Waals surface area contributed by atoms with Crippen molar-refractivity contribution in [2.75, 3.05) is 16.6 Å². The summed E-state index contributed by atoms with van der Waals surface area (Å²) in [5, 5.41) is 3.04. The molecule has 4 aromatic rings. The molecule has 0 radical (unpaired) electrons. The number of carbonyl (C=O) groups excluding carboxylic acids is 2. The number of nitrogens with one attached hydrogen (secondary N) is 2. The minimum atomic E-state index is -3.80. The lowest BCUT2D eigenvalue weighted by Gasteiger charge is -2.13. The van der Waals surface area contributed by atoms with Gasteiger partial charge >= 0.3 is 0 Å². The molecule has 0 aliphatic rings. The summed E-state index contributed by atoms with van der Waals surface area (Å²) in [6, 6.07) is 24.5. The van der Waals surface area contributed by atoms with Gasteiger partial charge in [0, 0.05) is 21.8 Å². The zero-order chi connectivity index (χ0) is 27.3. The zero-order valence-electron chi connectivity index (χ0n) is 20.7. The van der Waals surface area contributed by atoms with Crippen LogP contribution in [0.25, 0.3) is 0 Å². The van der Waals surface area contributed by atoms with Gasteiger partial charge in [0.05, 0.1) is 10.6 Å². The molecule has 0 saturated heterocycles. The van der Waals surface area contributed by atoms with Crippen LogP contribution < -0.4 is 14.8 Å². The summed E-state index contributed by atoms with van der Waals surface area (Å²) in [7, 11) is -3.80. The third-order valence-electron chi connectivity index (χ3n) is 5.51. The van der Waals surface area contributed by atoms with Crippen LogP contribution in [0.5, 0.6) is 5.75 Å². The highest BCUT2D eigenvalue weighted by atomic mass is 35.5. The first-order chi connectivity index (χ1) is 18.1. The Morgan fingerprint density at radius 1 is 0.842 bits per heavy atom. The standard InChI is InChI=1S/C29H25ClN2O5S/c1-19-14-20(2)16-23(15-19)32-38(35,36)25-11-9-24(10-12-25)37-18-28(33)31-27-13-8-22(30)17-26(27)29(34)21-6-4-3-5-7-21/h3-17,32H,18H2,1-2H3,(H,31,33).